The van der Waals surface area contributed by atoms with Crippen molar-refractivity contribution in [1.29, 1.82) is 0 Å². The van der Waals surface area contributed by atoms with Crippen LogP contribution in [0.4, 0.5) is 23.2 Å². The summed E-state index contributed by atoms with van der Waals surface area (Å²) in [7, 11) is 0. The first-order valence-electron chi connectivity index (χ1n) is 4.25. The minimum Gasteiger partial charge on any atom is -0.421 e. The van der Waals surface area contributed by atoms with Crippen LogP contribution in [0.15, 0.2) is 16.6 Å². The van der Waals surface area contributed by atoms with Crippen LogP contribution in [0.5, 0.6) is 11.5 Å². The molecule has 5 nitrogen and oxygen atoms in total. The van der Waals surface area contributed by atoms with Crippen molar-refractivity contribution in [2.24, 2.45) is 0 Å². The molecule has 10 heteroatoms. The normalized spacial score (nSPS) is 19.4. The molecule has 0 N–H and O–H groups in total. The fraction of sp³-hybridized carbons (Fsp3) is 0.250. The molecular formula is C8H2BrF4NO4. The summed E-state index contributed by atoms with van der Waals surface area (Å²) in [6.07, 6.45) is -9.75. The molecule has 0 unspecified atom stereocenters. The fourth-order valence-electron chi connectivity index (χ4n) is 1.22. The number of fused-ring (bicyclic) bond motifs is 1. The maximum atomic E-state index is 12.8. The Morgan fingerprint density at radius 2 is 1.56 bits per heavy atom. The highest BCUT2D eigenvalue weighted by Crippen LogP contribution is 2.49. The highest BCUT2D eigenvalue weighted by atomic mass is 79.9. The lowest BCUT2D eigenvalue weighted by molar-refractivity contribution is -0.394. The van der Waals surface area contributed by atoms with E-state index in [0.717, 1.165) is 6.07 Å². The number of nitro benzene ring substituents is 1. The fourth-order valence-corrected chi connectivity index (χ4v) is 1.69. The van der Waals surface area contributed by atoms with E-state index >= 15 is 0 Å². The van der Waals surface area contributed by atoms with Crippen LogP contribution >= 0.6 is 15.9 Å². The number of hydrogen-bond acceptors (Lipinski definition) is 4. The van der Waals surface area contributed by atoms with E-state index in [9.17, 15) is 27.7 Å². The van der Waals surface area contributed by atoms with Crippen LogP contribution in [0.25, 0.3) is 0 Å². The Bertz CT molecular complexity index is 536. The van der Waals surface area contributed by atoms with E-state index in [-0.39, 0.29) is 4.47 Å². The van der Waals surface area contributed by atoms with Gasteiger partial charge in [0.1, 0.15) is 0 Å². The molecule has 1 aromatic carbocycles. The summed E-state index contributed by atoms with van der Waals surface area (Å²) < 4.78 is 58.6. The molecule has 0 fully saturated rings. The Kier molecular flexibility index (Phi) is 2.65. The van der Waals surface area contributed by atoms with Gasteiger partial charge in [0.25, 0.3) is 5.69 Å². The second-order valence-corrected chi connectivity index (χ2v) is 4.10. The van der Waals surface area contributed by atoms with Gasteiger partial charge in [0.2, 0.25) is 0 Å². The summed E-state index contributed by atoms with van der Waals surface area (Å²) in [5.41, 5.74) is -0.613. The maximum Gasteiger partial charge on any atom is 0.507 e. The van der Waals surface area contributed by atoms with E-state index < -0.39 is 34.3 Å². The summed E-state index contributed by atoms with van der Waals surface area (Å²) >= 11 is 2.73. The molecule has 1 aromatic rings. The Labute approximate surface area is 105 Å². The van der Waals surface area contributed by atoms with Crippen LogP contribution in [0, 0.1) is 10.1 Å². The average Bonchev–Trinajstić information content (AvgIpc) is 2.18. The number of hydrogen-bond donors (Lipinski definition) is 0. The number of rotatable bonds is 1. The van der Waals surface area contributed by atoms with E-state index in [4.69, 9.17) is 0 Å². The van der Waals surface area contributed by atoms with Crippen molar-refractivity contribution in [2.45, 2.75) is 12.2 Å². The highest BCUT2D eigenvalue weighted by Gasteiger charge is 2.66. The molecule has 98 valence electrons. The summed E-state index contributed by atoms with van der Waals surface area (Å²) in [5, 5.41) is 10.5. The lowest BCUT2D eigenvalue weighted by Gasteiger charge is -2.31. The summed E-state index contributed by atoms with van der Waals surface area (Å²) in [6, 6.07) is 1.33. The standard InChI is InChI=1S/C8H2BrF4NO4/c9-3-1-5-6(2-4(3)14(15)16)18-8(12,13)7(10,11)17-5/h1-2H. The molecule has 1 aliphatic heterocycles. The highest BCUT2D eigenvalue weighted by molar-refractivity contribution is 9.10. The van der Waals surface area contributed by atoms with Gasteiger partial charge < -0.3 is 9.47 Å². The molecule has 0 radical (unpaired) electrons. The topological polar surface area (TPSA) is 61.6 Å². The van der Waals surface area contributed by atoms with Gasteiger partial charge >= 0.3 is 12.2 Å². The number of halogens is 5. The third-order valence-electron chi connectivity index (χ3n) is 2.02. The van der Waals surface area contributed by atoms with Crippen molar-refractivity contribution in [3.05, 3.63) is 26.7 Å². The Morgan fingerprint density at radius 3 is 2.00 bits per heavy atom. The molecule has 0 saturated heterocycles. The number of alkyl halides is 4. The van der Waals surface area contributed by atoms with Crippen molar-refractivity contribution >= 4 is 21.6 Å². The molecule has 0 aromatic heterocycles. The molecule has 0 aliphatic carbocycles. The van der Waals surface area contributed by atoms with Gasteiger partial charge in [-0.1, -0.05) is 0 Å². The Balaban J connectivity index is 2.55. The predicted octanol–water partition coefficient (Wildman–Crippen LogP) is 3.31. The number of benzene rings is 1. The quantitative estimate of drug-likeness (QED) is 0.450. The third kappa shape index (κ3) is 1.85. The van der Waals surface area contributed by atoms with Crippen molar-refractivity contribution in [3.63, 3.8) is 0 Å². The molecule has 0 spiro atoms. The monoisotopic (exact) mass is 331 g/mol. The van der Waals surface area contributed by atoms with Crippen molar-refractivity contribution in [1.82, 2.24) is 0 Å². The Hall–Kier alpha value is -1.58. The van der Waals surface area contributed by atoms with Gasteiger partial charge in [0, 0.05) is 6.07 Å². The summed E-state index contributed by atoms with van der Waals surface area (Å²) in [4.78, 5) is 9.65. The zero-order valence-corrected chi connectivity index (χ0v) is 9.71. The van der Waals surface area contributed by atoms with Gasteiger partial charge in [-0.15, -0.1) is 0 Å². The lowest BCUT2D eigenvalue weighted by Crippen LogP contribution is -2.52. The van der Waals surface area contributed by atoms with Gasteiger partial charge in [-0.3, -0.25) is 10.1 Å². The predicted molar refractivity (Wildman–Crippen MR) is 51.9 cm³/mol. The molecule has 2 rings (SSSR count). The van der Waals surface area contributed by atoms with Crippen LogP contribution in [-0.4, -0.2) is 17.1 Å². The minimum absolute atomic E-state index is 0.198. The zero-order valence-electron chi connectivity index (χ0n) is 8.12. The molecule has 0 saturated carbocycles. The molecular weight excluding hydrogens is 330 g/mol. The molecule has 0 amide bonds. The van der Waals surface area contributed by atoms with Crippen LogP contribution in [0.3, 0.4) is 0 Å². The van der Waals surface area contributed by atoms with Gasteiger partial charge in [-0.2, -0.15) is 17.6 Å². The van der Waals surface area contributed by atoms with Gasteiger partial charge in [-0.05, 0) is 15.9 Å². The van der Waals surface area contributed by atoms with E-state index in [1.165, 1.54) is 0 Å². The van der Waals surface area contributed by atoms with Crippen molar-refractivity contribution in [3.8, 4) is 11.5 Å². The maximum absolute atomic E-state index is 12.8. The van der Waals surface area contributed by atoms with Crippen LogP contribution in [-0.2, 0) is 0 Å². The van der Waals surface area contributed by atoms with Gasteiger partial charge in [-0.25, -0.2) is 0 Å². The molecule has 0 atom stereocenters. The van der Waals surface area contributed by atoms with Crippen LogP contribution < -0.4 is 9.47 Å². The molecule has 1 aliphatic rings. The first-order chi connectivity index (χ1) is 8.14. The lowest BCUT2D eigenvalue weighted by atomic mass is 10.2. The molecule has 0 bridgehead atoms. The largest absolute Gasteiger partial charge is 0.507 e. The SMILES string of the molecule is O=[N+]([O-])c1cc2c(cc1Br)OC(F)(F)C(F)(F)O2. The van der Waals surface area contributed by atoms with Crippen LogP contribution in [0.1, 0.15) is 0 Å². The summed E-state index contributed by atoms with van der Waals surface area (Å²) in [5.74, 6) is -1.55. The summed E-state index contributed by atoms with van der Waals surface area (Å²) in [6.45, 7) is 0. The second kappa shape index (κ2) is 3.70. The number of ether oxygens (including phenoxy) is 2. The first-order valence-corrected chi connectivity index (χ1v) is 5.05. The van der Waals surface area contributed by atoms with Crippen molar-refractivity contribution < 1.29 is 32.0 Å². The van der Waals surface area contributed by atoms with E-state index in [2.05, 4.69) is 25.4 Å². The Morgan fingerprint density at radius 1 is 1.11 bits per heavy atom. The zero-order chi connectivity index (χ0) is 13.7. The first kappa shape index (κ1) is 12.9. The van der Waals surface area contributed by atoms with Crippen molar-refractivity contribution in [2.75, 3.05) is 0 Å². The minimum atomic E-state index is -4.90. The van der Waals surface area contributed by atoms with Gasteiger partial charge in [0.15, 0.2) is 11.5 Å². The third-order valence-corrected chi connectivity index (χ3v) is 2.66. The molecule has 1 heterocycles. The van der Waals surface area contributed by atoms with E-state index in [0.29, 0.717) is 6.07 Å². The number of nitrogens with zero attached hydrogens (tertiary/aromatic N) is 1. The smallest absolute Gasteiger partial charge is 0.421 e. The van der Waals surface area contributed by atoms with E-state index in [1.807, 2.05) is 0 Å². The van der Waals surface area contributed by atoms with Gasteiger partial charge in [0.05, 0.1) is 15.5 Å². The molecule has 18 heavy (non-hydrogen) atoms. The van der Waals surface area contributed by atoms with Crippen LogP contribution in [0.2, 0.25) is 0 Å². The van der Waals surface area contributed by atoms with E-state index in [1.54, 1.807) is 0 Å². The average molecular weight is 332 g/mol. The second-order valence-electron chi connectivity index (χ2n) is 3.25. The number of nitro groups is 1.